The molecule has 2 aromatic carbocycles. The summed E-state index contributed by atoms with van der Waals surface area (Å²) in [5.74, 6) is 0.745. The molecule has 1 amide bonds. The summed E-state index contributed by atoms with van der Waals surface area (Å²) < 4.78 is 7.35. The van der Waals surface area contributed by atoms with Gasteiger partial charge >= 0.3 is 0 Å². The summed E-state index contributed by atoms with van der Waals surface area (Å²) in [5, 5.41) is 6.95. The molecule has 4 heterocycles. The van der Waals surface area contributed by atoms with Crippen LogP contribution < -0.4 is 20.9 Å². The van der Waals surface area contributed by atoms with Crippen LogP contribution in [-0.4, -0.2) is 70.2 Å². The molecule has 0 saturated carbocycles. The van der Waals surface area contributed by atoms with Crippen LogP contribution in [0.15, 0.2) is 70.5 Å². The molecule has 4 aromatic rings. The highest BCUT2D eigenvalue weighted by molar-refractivity contribution is 7.99. The highest BCUT2D eigenvalue weighted by atomic mass is 32.2. The molecule has 204 valence electrons. The van der Waals surface area contributed by atoms with Crippen LogP contribution >= 0.6 is 11.8 Å². The summed E-state index contributed by atoms with van der Waals surface area (Å²) in [6.07, 6.45) is 2.70. The summed E-state index contributed by atoms with van der Waals surface area (Å²) in [4.78, 5) is 51.6. The van der Waals surface area contributed by atoms with Crippen molar-refractivity contribution in [1.82, 2.24) is 24.8 Å². The maximum atomic E-state index is 13.8. The molecule has 0 bridgehead atoms. The van der Waals surface area contributed by atoms with Crippen LogP contribution in [0.25, 0.3) is 11.0 Å². The molecule has 11 heteroatoms. The van der Waals surface area contributed by atoms with E-state index in [1.807, 2.05) is 36.4 Å². The molecule has 2 unspecified atom stereocenters. The smallest absolute Gasteiger partial charge is 0.265 e. The van der Waals surface area contributed by atoms with Crippen LogP contribution in [0.2, 0.25) is 0 Å². The van der Waals surface area contributed by atoms with E-state index in [9.17, 15) is 14.4 Å². The number of thioether (sulfide) groups is 1. The first-order valence-electron chi connectivity index (χ1n) is 13.0. The highest BCUT2D eigenvalue weighted by Crippen LogP contribution is 2.35. The normalized spacial score (nSPS) is 18.4. The predicted octanol–water partition coefficient (Wildman–Crippen LogP) is 3.51. The van der Waals surface area contributed by atoms with Crippen molar-refractivity contribution in [3.05, 3.63) is 82.3 Å². The number of rotatable bonds is 6. The van der Waals surface area contributed by atoms with Gasteiger partial charge in [-0.05, 0) is 49.4 Å². The predicted molar refractivity (Wildman–Crippen MR) is 154 cm³/mol. The van der Waals surface area contributed by atoms with Gasteiger partial charge in [-0.15, -0.1) is 11.8 Å². The number of nitrogens with one attached hydrogen (secondary N) is 2. The van der Waals surface area contributed by atoms with Crippen LogP contribution in [0.4, 0.5) is 11.6 Å². The van der Waals surface area contributed by atoms with E-state index in [-0.39, 0.29) is 29.0 Å². The summed E-state index contributed by atoms with van der Waals surface area (Å²) in [6, 6.07) is 15.5. The molecule has 2 aliphatic rings. The minimum absolute atomic E-state index is 0.0356. The van der Waals surface area contributed by atoms with E-state index in [4.69, 9.17) is 4.74 Å². The summed E-state index contributed by atoms with van der Waals surface area (Å²) >= 11 is 1.50. The number of carbonyl (C=O) groups excluding carboxylic acids is 2. The number of carbonyl (C=O) groups is 2. The van der Waals surface area contributed by atoms with Gasteiger partial charge in [-0.1, -0.05) is 18.2 Å². The third-order valence-corrected chi connectivity index (χ3v) is 8.15. The zero-order chi connectivity index (χ0) is 27.8. The lowest BCUT2D eigenvalue weighted by atomic mass is 10.0. The third kappa shape index (κ3) is 4.93. The first kappa shape index (κ1) is 26.0. The quantitative estimate of drug-likeness (QED) is 0.368. The Morgan fingerprint density at radius 3 is 2.70 bits per heavy atom. The lowest BCUT2D eigenvalue weighted by Crippen LogP contribution is -2.38. The molecule has 0 aliphatic carbocycles. The van der Waals surface area contributed by atoms with Crippen molar-refractivity contribution >= 4 is 46.1 Å². The molecule has 2 aliphatic heterocycles. The second-order valence-corrected chi connectivity index (χ2v) is 11.0. The molecule has 1 saturated heterocycles. The Bertz CT molecular complexity index is 1660. The van der Waals surface area contributed by atoms with Crippen LogP contribution in [0.1, 0.15) is 33.2 Å². The fourth-order valence-electron chi connectivity index (χ4n) is 4.94. The zero-order valence-electron chi connectivity index (χ0n) is 22.1. The average Bonchev–Trinajstić information content (AvgIpc) is 3.47. The van der Waals surface area contributed by atoms with E-state index < -0.39 is 17.5 Å². The Morgan fingerprint density at radius 1 is 1.15 bits per heavy atom. The number of fused-ring (bicyclic) bond motifs is 2. The number of ketones is 1. The van der Waals surface area contributed by atoms with E-state index in [1.165, 1.54) is 27.3 Å². The third-order valence-electron chi connectivity index (χ3n) is 7.00. The number of nitrogens with zero attached hydrogens (tertiary/aromatic N) is 4. The number of aromatic nitrogens is 3. The molecule has 2 aromatic heterocycles. The maximum absolute atomic E-state index is 13.8. The van der Waals surface area contributed by atoms with Gasteiger partial charge in [0.2, 0.25) is 5.95 Å². The minimum Gasteiger partial charge on any atom is -0.489 e. The van der Waals surface area contributed by atoms with Gasteiger partial charge in [0.05, 0.1) is 0 Å². The summed E-state index contributed by atoms with van der Waals surface area (Å²) in [5.41, 5.74) is 0.979. The molecule has 2 N–H and O–H groups in total. The number of hydrogen-bond donors (Lipinski definition) is 2. The largest absolute Gasteiger partial charge is 0.489 e. The number of amides is 1. The van der Waals surface area contributed by atoms with Gasteiger partial charge in [-0.2, -0.15) is 4.98 Å². The lowest BCUT2D eigenvalue weighted by molar-refractivity contribution is 0.0822. The van der Waals surface area contributed by atoms with Crippen LogP contribution in [-0.2, 0) is 0 Å². The van der Waals surface area contributed by atoms with Gasteiger partial charge in [0, 0.05) is 54.1 Å². The molecule has 1 fully saturated rings. The van der Waals surface area contributed by atoms with Crippen molar-refractivity contribution in [2.45, 2.75) is 23.5 Å². The van der Waals surface area contributed by atoms with E-state index in [2.05, 4.69) is 20.6 Å². The topological polar surface area (TPSA) is 118 Å². The van der Waals surface area contributed by atoms with Crippen LogP contribution in [0.3, 0.4) is 0 Å². The van der Waals surface area contributed by atoms with E-state index in [1.54, 1.807) is 32.4 Å². The Balaban J connectivity index is 1.38. The summed E-state index contributed by atoms with van der Waals surface area (Å²) in [6.45, 7) is 1.79. The Morgan fingerprint density at radius 2 is 1.95 bits per heavy atom. The molecular formula is C29H28N6O4S. The van der Waals surface area contributed by atoms with E-state index >= 15 is 0 Å². The second kappa shape index (κ2) is 10.7. The number of ether oxygens (including phenoxy) is 1. The number of anilines is 2. The number of benzene rings is 2. The SMILES string of the molecule is CN(C)C(=O)c1cc2cnc(Nc3ccc(OC4CCNC4)cc3)nc2n(C2CSc3ccccc3C2=O)c1=O. The Labute approximate surface area is 234 Å². The number of Topliss-reactive ketones (excluding diaryl/α,β-unsaturated/α-hetero) is 1. The second-order valence-electron chi connectivity index (χ2n) is 9.97. The maximum Gasteiger partial charge on any atom is 0.265 e. The molecular weight excluding hydrogens is 528 g/mol. The molecule has 2 atom stereocenters. The first-order chi connectivity index (χ1) is 19.4. The first-order valence-corrected chi connectivity index (χ1v) is 14.0. The monoisotopic (exact) mass is 556 g/mol. The van der Waals surface area contributed by atoms with Crippen molar-refractivity contribution in [3.8, 4) is 5.75 Å². The zero-order valence-corrected chi connectivity index (χ0v) is 22.9. The Hall–Kier alpha value is -4.22. The van der Waals surface area contributed by atoms with Gasteiger partial charge in [0.25, 0.3) is 11.5 Å². The number of hydrogen-bond acceptors (Lipinski definition) is 9. The van der Waals surface area contributed by atoms with Crippen molar-refractivity contribution in [2.75, 3.05) is 38.3 Å². The van der Waals surface area contributed by atoms with Crippen LogP contribution in [0, 0.1) is 0 Å². The van der Waals surface area contributed by atoms with Crippen molar-refractivity contribution in [1.29, 1.82) is 0 Å². The molecule has 0 radical (unpaired) electrons. The van der Waals surface area contributed by atoms with Crippen LogP contribution in [0.5, 0.6) is 5.75 Å². The highest BCUT2D eigenvalue weighted by Gasteiger charge is 2.33. The van der Waals surface area contributed by atoms with Crippen molar-refractivity contribution in [3.63, 3.8) is 0 Å². The van der Waals surface area contributed by atoms with E-state index in [0.29, 0.717) is 16.7 Å². The van der Waals surface area contributed by atoms with Gasteiger partial charge in [-0.25, -0.2) is 4.98 Å². The van der Waals surface area contributed by atoms with E-state index in [0.717, 1.165) is 35.8 Å². The van der Waals surface area contributed by atoms with Gasteiger partial charge in [0.1, 0.15) is 29.1 Å². The fourth-order valence-corrected chi connectivity index (χ4v) is 6.08. The average molecular weight is 557 g/mol. The summed E-state index contributed by atoms with van der Waals surface area (Å²) in [7, 11) is 3.16. The molecule has 6 rings (SSSR count). The molecule has 0 spiro atoms. The molecule has 10 nitrogen and oxygen atoms in total. The van der Waals surface area contributed by atoms with Gasteiger partial charge in [-0.3, -0.25) is 19.0 Å². The Kier molecular flexibility index (Phi) is 6.99. The van der Waals surface area contributed by atoms with Crippen molar-refractivity contribution in [2.24, 2.45) is 0 Å². The van der Waals surface area contributed by atoms with Gasteiger partial charge < -0.3 is 20.3 Å². The lowest BCUT2D eigenvalue weighted by Gasteiger charge is -2.26. The van der Waals surface area contributed by atoms with Crippen molar-refractivity contribution < 1.29 is 14.3 Å². The number of pyridine rings is 1. The minimum atomic E-state index is -0.825. The van der Waals surface area contributed by atoms with Gasteiger partial charge in [0.15, 0.2) is 5.78 Å². The standard InChI is InChI=1S/C29H28N6O4S/c1-34(2)27(37)22-13-17-14-31-29(32-18-7-9-19(10-8-18)39-20-11-12-30-15-20)33-26(17)35(28(22)38)23-16-40-24-6-4-3-5-21(24)25(23)36/h3-10,13-14,20,23,30H,11-12,15-16H2,1-2H3,(H,31,32,33). The molecule has 40 heavy (non-hydrogen) atoms. The fraction of sp³-hybridized carbons (Fsp3) is 0.276.